The Morgan fingerprint density at radius 2 is 1.95 bits per heavy atom. The number of hydrogen-bond acceptors (Lipinski definition) is 3. The number of nitrogens with zero attached hydrogens (tertiary/aromatic N) is 1. The van der Waals surface area contributed by atoms with Crippen molar-refractivity contribution < 1.29 is 9.53 Å². The summed E-state index contributed by atoms with van der Waals surface area (Å²) in [6.45, 7) is 7.19. The van der Waals surface area contributed by atoms with Crippen LogP contribution in [0.1, 0.15) is 52.9 Å². The molecule has 0 saturated carbocycles. The Morgan fingerprint density at radius 3 is 2.47 bits per heavy atom. The van der Waals surface area contributed by atoms with Gasteiger partial charge >= 0.3 is 0 Å². The van der Waals surface area contributed by atoms with Gasteiger partial charge in [0.2, 0.25) is 5.91 Å². The summed E-state index contributed by atoms with van der Waals surface area (Å²) in [7, 11) is 0. The van der Waals surface area contributed by atoms with Crippen LogP contribution in [0, 0.1) is 0 Å². The van der Waals surface area contributed by atoms with Gasteiger partial charge < -0.3 is 15.0 Å². The third-order valence-corrected chi connectivity index (χ3v) is 4.21. The number of rotatable bonds is 6. The van der Waals surface area contributed by atoms with Crippen LogP contribution >= 0.6 is 0 Å². The van der Waals surface area contributed by atoms with E-state index in [-0.39, 0.29) is 18.6 Å². The molecule has 2 rings (SSSR count). The molecule has 0 aliphatic carbocycles. The van der Waals surface area contributed by atoms with Crippen LogP contribution in [0.3, 0.4) is 0 Å². The zero-order valence-electron chi connectivity index (χ0n) is 12.5. The third kappa shape index (κ3) is 3.93. The summed E-state index contributed by atoms with van der Waals surface area (Å²) < 4.78 is 5.48. The number of ether oxygens (including phenoxy) is 1. The predicted octanol–water partition coefficient (Wildman–Crippen LogP) is 1.93. The van der Waals surface area contributed by atoms with E-state index in [1.54, 1.807) is 0 Å². The maximum absolute atomic E-state index is 12.4. The average Bonchev–Trinajstić information content (AvgIpc) is 2.72. The summed E-state index contributed by atoms with van der Waals surface area (Å²) in [5, 5.41) is 3.64. The second-order valence-corrected chi connectivity index (χ2v) is 6.21. The Hall–Kier alpha value is -0.610. The van der Waals surface area contributed by atoms with Crippen molar-refractivity contribution in [2.75, 3.05) is 13.2 Å². The first-order valence-electron chi connectivity index (χ1n) is 7.77. The number of piperidine rings is 1. The molecular formula is C15H28N2O2. The second-order valence-electron chi connectivity index (χ2n) is 6.21. The summed E-state index contributed by atoms with van der Waals surface area (Å²) in [6, 6.07) is 1.67. The first-order valence-corrected chi connectivity index (χ1v) is 7.77. The van der Waals surface area contributed by atoms with E-state index in [0.29, 0.717) is 18.1 Å². The molecule has 0 aromatic rings. The van der Waals surface area contributed by atoms with Gasteiger partial charge in [-0.3, -0.25) is 4.79 Å². The minimum absolute atomic E-state index is 0.122. The highest BCUT2D eigenvalue weighted by molar-refractivity contribution is 5.77. The minimum atomic E-state index is 0.122. The van der Waals surface area contributed by atoms with Crippen LogP contribution in [0.2, 0.25) is 0 Å². The Morgan fingerprint density at radius 1 is 1.32 bits per heavy atom. The summed E-state index contributed by atoms with van der Waals surface area (Å²) >= 11 is 0. The van der Waals surface area contributed by atoms with Crippen molar-refractivity contribution in [3.8, 4) is 0 Å². The molecule has 2 fully saturated rings. The Balaban J connectivity index is 1.92. The van der Waals surface area contributed by atoms with Crippen molar-refractivity contribution in [1.82, 2.24) is 10.2 Å². The number of hydrogen-bond donors (Lipinski definition) is 1. The summed E-state index contributed by atoms with van der Waals surface area (Å²) in [6.07, 6.45) is 5.92. The molecule has 0 aromatic carbocycles. The van der Waals surface area contributed by atoms with Crippen LogP contribution in [0.5, 0.6) is 0 Å². The van der Waals surface area contributed by atoms with Crippen molar-refractivity contribution in [3.63, 3.8) is 0 Å². The van der Waals surface area contributed by atoms with Gasteiger partial charge in [0.05, 0.1) is 6.10 Å². The van der Waals surface area contributed by atoms with E-state index in [4.69, 9.17) is 4.74 Å². The van der Waals surface area contributed by atoms with Gasteiger partial charge in [-0.2, -0.15) is 0 Å². The molecule has 1 amide bonds. The van der Waals surface area contributed by atoms with Gasteiger partial charge in [-0.1, -0.05) is 6.92 Å². The molecule has 110 valence electrons. The van der Waals surface area contributed by atoms with E-state index in [1.807, 2.05) is 13.8 Å². The number of fused-ring (bicyclic) bond motifs is 2. The van der Waals surface area contributed by atoms with Crippen molar-refractivity contribution in [2.24, 2.45) is 0 Å². The predicted molar refractivity (Wildman–Crippen MR) is 76.1 cm³/mol. The monoisotopic (exact) mass is 268 g/mol. The van der Waals surface area contributed by atoms with E-state index in [1.165, 1.54) is 12.8 Å². The summed E-state index contributed by atoms with van der Waals surface area (Å²) in [5.74, 6) is 0.168. The number of carbonyl (C=O) groups is 1. The van der Waals surface area contributed by atoms with Gasteiger partial charge in [-0.05, 0) is 46.0 Å². The largest absolute Gasteiger partial charge is 0.369 e. The highest BCUT2D eigenvalue weighted by Crippen LogP contribution is 2.30. The molecule has 4 nitrogen and oxygen atoms in total. The number of nitrogens with one attached hydrogen (secondary N) is 1. The zero-order chi connectivity index (χ0) is 13.8. The Kier molecular flexibility index (Phi) is 5.22. The molecule has 1 N–H and O–H groups in total. The molecule has 2 heterocycles. The summed E-state index contributed by atoms with van der Waals surface area (Å²) in [5.41, 5.74) is 0. The fourth-order valence-electron chi connectivity index (χ4n) is 3.35. The van der Waals surface area contributed by atoms with Gasteiger partial charge in [-0.15, -0.1) is 0 Å². The topological polar surface area (TPSA) is 41.6 Å². The van der Waals surface area contributed by atoms with E-state index in [2.05, 4.69) is 17.1 Å². The lowest BCUT2D eigenvalue weighted by molar-refractivity contribution is -0.140. The molecule has 2 unspecified atom stereocenters. The van der Waals surface area contributed by atoms with Crippen LogP contribution in [0.25, 0.3) is 0 Å². The van der Waals surface area contributed by atoms with Crippen molar-refractivity contribution in [2.45, 2.75) is 77.1 Å². The third-order valence-electron chi connectivity index (χ3n) is 4.21. The lowest BCUT2D eigenvalue weighted by atomic mass is 9.98. The molecule has 2 saturated heterocycles. The Labute approximate surface area is 116 Å². The fourth-order valence-corrected chi connectivity index (χ4v) is 3.35. The first kappa shape index (κ1) is 14.8. The molecule has 2 bridgehead atoms. The van der Waals surface area contributed by atoms with Gasteiger partial charge in [0.15, 0.2) is 0 Å². The lowest BCUT2D eigenvalue weighted by Gasteiger charge is -2.38. The van der Waals surface area contributed by atoms with Crippen LogP contribution in [0.15, 0.2) is 0 Å². The fraction of sp³-hybridized carbons (Fsp3) is 0.933. The minimum Gasteiger partial charge on any atom is -0.369 e. The van der Waals surface area contributed by atoms with Gasteiger partial charge in [0.25, 0.3) is 0 Å². The molecule has 19 heavy (non-hydrogen) atoms. The van der Waals surface area contributed by atoms with Gasteiger partial charge in [0, 0.05) is 24.7 Å². The molecule has 4 heteroatoms. The van der Waals surface area contributed by atoms with Crippen LogP contribution in [0.4, 0.5) is 0 Å². The molecule has 0 aromatic heterocycles. The Bertz CT molecular complexity index is 295. The van der Waals surface area contributed by atoms with Crippen molar-refractivity contribution in [3.05, 3.63) is 0 Å². The summed E-state index contributed by atoms with van der Waals surface area (Å²) in [4.78, 5) is 14.4. The van der Waals surface area contributed by atoms with Crippen molar-refractivity contribution >= 4 is 5.91 Å². The highest BCUT2D eigenvalue weighted by atomic mass is 16.5. The van der Waals surface area contributed by atoms with Crippen molar-refractivity contribution in [1.29, 1.82) is 0 Å². The van der Waals surface area contributed by atoms with Crippen LogP contribution in [-0.2, 0) is 9.53 Å². The first-order chi connectivity index (χ1) is 9.10. The molecule has 2 atom stereocenters. The molecule has 2 aliphatic rings. The number of carbonyl (C=O) groups excluding carboxylic acids is 1. The second kappa shape index (κ2) is 6.71. The van der Waals surface area contributed by atoms with Gasteiger partial charge in [0.1, 0.15) is 6.61 Å². The maximum Gasteiger partial charge on any atom is 0.248 e. The highest BCUT2D eigenvalue weighted by Gasteiger charge is 2.37. The lowest BCUT2D eigenvalue weighted by Crippen LogP contribution is -2.51. The van der Waals surface area contributed by atoms with E-state index in [9.17, 15) is 4.79 Å². The smallest absolute Gasteiger partial charge is 0.248 e. The van der Waals surface area contributed by atoms with Gasteiger partial charge in [-0.25, -0.2) is 0 Å². The molecule has 0 radical (unpaired) electrons. The molecular weight excluding hydrogens is 240 g/mol. The van der Waals surface area contributed by atoms with E-state index >= 15 is 0 Å². The normalized spacial score (nSPS) is 29.8. The average molecular weight is 268 g/mol. The molecule has 0 spiro atoms. The zero-order valence-corrected chi connectivity index (χ0v) is 12.5. The SMILES string of the molecule is CCCN(C(=O)COC(C)C)C1CC2CCC(C1)N2. The van der Waals surface area contributed by atoms with E-state index in [0.717, 1.165) is 25.8 Å². The van der Waals surface area contributed by atoms with Crippen LogP contribution < -0.4 is 5.32 Å². The molecule has 2 aliphatic heterocycles. The van der Waals surface area contributed by atoms with Crippen LogP contribution in [-0.4, -0.2) is 48.2 Å². The number of amides is 1. The maximum atomic E-state index is 12.4. The quantitative estimate of drug-likeness (QED) is 0.800. The standard InChI is InChI=1S/C15H28N2O2/c1-4-7-17(15(18)10-19-11(2)3)14-8-12-5-6-13(9-14)16-12/h11-14,16H,4-10H2,1-3H3. The van der Waals surface area contributed by atoms with E-state index < -0.39 is 0 Å².